The van der Waals surface area contributed by atoms with Gasteiger partial charge >= 0.3 is 7.60 Å². The number of hydrogen-bond acceptors (Lipinski definition) is 6. The summed E-state index contributed by atoms with van der Waals surface area (Å²) in [4.78, 5) is 17.4. The highest BCUT2D eigenvalue weighted by atomic mass is 35.5. The van der Waals surface area contributed by atoms with Crippen LogP contribution < -0.4 is 11.3 Å². The highest BCUT2D eigenvalue weighted by Crippen LogP contribution is 2.48. The van der Waals surface area contributed by atoms with E-state index in [0.29, 0.717) is 41.7 Å². The van der Waals surface area contributed by atoms with E-state index in [1.165, 1.54) is 0 Å². The first kappa shape index (κ1) is 34.7. The smallest absolute Gasteiger partial charge is 0.330 e. The minimum absolute atomic E-state index is 0.139. The van der Waals surface area contributed by atoms with E-state index in [-0.39, 0.29) is 11.7 Å². The highest BCUT2D eigenvalue weighted by Gasteiger charge is 2.37. The summed E-state index contributed by atoms with van der Waals surface area (Å²) in [5.74, 6) is 6.50. The van der Waals surface area contributed by atoms with Crippen molar-refractivity contribution in [3.63, 3.8) is 0 Å². The normalized spacial score (nSPS) is 12.9. The number of nitrogens with two attached hydrogens (primary N) is 1. The summed E-state index contributed by atoms with van der Waals surface area (Å²) < 4.78 is 27.2. The second-order valence-electron chi connectivity index (χ2n) is 11.2. The van der Waals surface area contributed by atoms with Crippen LogP contribution in [-0.2, 0) is 33.2 Å². The largest absolute Gasteiger partial charge is 0.336 e. The Balaban J connectivity index is 1.65. The highest BCUT2D eigenvalue weighted by molar-refractivity contribution is 7.53. The molecule has 0 aliphatic rings. The summed E-state index contributed by atoms with van der Waals surface area (Å²) in [5, 5.41) is 1.91. The van der Waals surface area contributed by atoms with Crippen LogP contribution in [0.15, 0.2) is 84.0 Å². The van der Waals surface area contributed by atoms with Crippen molar-refractivity contribution >= 4 is 41.7 Å². The fourth-order valence-corrected chi connectivity index (χ4v) is 7.85. The molecular formula is C36H37Cl2N4O4P. The molecular weight excluding hydrogens is 654 g/mol. The molecule has 2 N–H and O–H groups in total. The number of rotatable bonds is 11. The number of halogens is 2. The Morgan fingerprint density at radius 1 is 0.979 bits per heavy atom. The first-order valence-electron chi connectivity index (χ1n) is 15.3. The maximum absolute atomic E-state index is 13.0. The van der Waals surface area contributed by atoms with Crippen LogP contribution in [0.2, 0.25) is 10.0 Å². The lowest BCUT2D eigenvalue weighted by Gasteiger charge is -2.32. The van der Waals surface area contributed by atoms with Crippen molar-refractivity contribution in [2.45, 2.75) is 32.2 Å². The van der Waals surface area contributed by atoms with Crippen LogP contribution in [0.25, 0.3) is 22.0 Å². The van der Waals surface area contributed by atoms with Crippen molar-refractivity contribution in [3.8, 4) is 23.0 Å². The third-order valence-electron chi connectivity index (χ3n) is 8.07. The zero-order valence-corrected chi connectivity index (χ0v) is 29.2. The Labute approximate surface area is 285 Å². The minimum atomic E-state index is -3.16. The van der Waals surface area contributed by atoms with E-state index in [1.807, 2.05) is 54.1 Å². The molecule has 0 spiro atoms. The van der Waals surface area contributed by atoms with Gasteiger partial charge in [-0.2, -0.15) is 0 Å². The molecule has 47 heavy (non-hydrogen) atoms. The summed E-state index contributed by atoms with van der Waals surface area (Å²) in [6.07, 6.45) is 4.72. The van der Waals surface area contributed by atoms with Crippen molar-refractivity contribution in [1.29, 1.82) is 0 Å². The average molecular weight is 692 g/mol. The number of nitrogens with zero attached hydrogens (tertiary/aromatic N) is 3. The van der Waals surface area contributed by atoms with Crippen LogP contribution >= 0.6 is 30.8 Å². The van der Waals surface area contributed by atoms with Crippen molar-refractivity contribution in [1.82, 2.24) is 14.1 Å². The molecule has 0 radical (unpaired) electrons. The molecule has 3 aromatic carbocycles. The number of hydrogen-bond donors (Lipinski definition) is 1. The van der Waals surface area contributed by atoms with Crippen molar-refractivity contribution in [2.75, 3.05) is 19.4 Å². The third-order valence-corrected chi connectivity index (χ3v) is 10.7. The minimum Gasteiger partial charge on any atom is -0.336 e. The molecule has 2 aromatic heterocycles. The van der Waals surface area contributed by atoms with Crippen LogP contribution in [-0.4, -0.2) is 33.5 Å². The second-order valence-corrected chi connectivity index (χ2v) is 14.2. The lowest BCUT2D eigenvalue weighted by Crippen LogP contribution is -2.41. The lowest BCUT2D eigenvalue weighted by atomic mass is 9.78. The Kier molecular flexibility index (Phi) is 10.8. The first-order valence-corrected chi connectivity index (χ1v) is 17.8. The molecule has 0 saturated heterocycles. The van der Waals surface area contributed by atoms with Gasteiger partial charge in [-0.05, 0) is 78.9 Å². The van der Waals surface area contributed by atoms with Crippen LogP contribution in [0, 0.1) is 11.8 Å². The number of pyridine rings is 1. The summed E-state index contributed by atoms with van der Waals surface area (Å²) in [6, 6.07) is 20.4. The molecule has 11 heteroatoms. The van der Waals surface area contributed by atoms with Crippen molar-refractivity contribution in [3.05, 3.63) is 122 Å². The Bertz CT molecular complexity index is 2090. The van der Waals surface area contributed by atoms with Gasteiger partial charge in [-0.1, -0.05) is 59.3 Å². The molecule has 0 aliphatic heterocycles. The van der Waals surface area contributed by atoms with Crippen molar-refractivity contribution in [2.24, 2.45) is 19.8 Å². The Morgan fingerprint density at radius 2 is 1.72 bits per heavy atom. The summed E-state index contributed by atoms with van der Waals surface area (Å²) in [7, 11) is 0.481. The lowest BCUT2D eigenvalue weighted by molar-refractivity contribution is 0.220. The van der Waals surface area contributed by atoms with Crippen molar-refractivity contribution < 1.29 is 13.6 Å². The monoisotopic (exact) mass is 690 g/mol. The molecule has 0 aliphatic carbocycles. The van der Waals surface area contributed by atoms with Gasteiger partial charge in [0.25, 0.3) is 5.56 Å². The van der Waals surface area contributed by atoms with Crippen LogP contribution in [0.4, 0.5) is 0 Å². The molecule has 0 bridgehead atoms. The average Bonchev–Trinajstić information content (AvgIpc) is 3.48. The fourth-order valence-electron chi connectivity index (χ4n) is 5.82. The van der Waals surface area contributed by atoms with E-state index in [4.69, 9.17) is 38.0 Å². The number of aryl methyl sites for hydroxylation is 2. The van der Waals surface area contributed by atoms with E-state index >= 15 is 0 Å². The molecule has 1 atom stereocenters. The van der Waals surface area contributed by atoms with E-state index in [9.17, 15) is 9.36 Å². The van der Waals surface area contributed by atoms with E-state index in [1.54, 1.807) is 62.3 Å². The number of fused-ring (bicyclic) bond motifs is 1. The van der Waals surface area contributed by atoms with Gasteiger partial charge in [-0.3, -0.25) is 9.36 Å². The number of imidazole rings is 1. The van der Waals surface area contributed by atoms with Crippen LogP contribution in [0.1, 0.15) is 49.1 Å². The van der Waals surface area contributed by atoms with Gasteiger partial charge < -0.3 is 23.9 Å². The summed E-state index contributed by atoms with van der Waals surface area (Å²) in [5.41, 5.74) is 11.3. The van der Waals surface area contributed by atoms with Gasteiger partial charge in [-0.25, -0.2) is 4.98 Å². The fraction of sp³-hybridized carbons (Fsp3) is 0.278. The standard InChI is InChI=1S/C36H37Cl2N4O4P/c1-5-45-47(44,46-6-2)18-9-7-8-11-26-20-29(38)15-16-32(26)36(39,34-23-40-24-41(34)3)27-14-17-33-31(21-27)30(22-35(43)42(33)4)25-12-10-13-28(37)19-25/h10,12-17,19-24H,5-7,9,18,39H2,1-4H3/t36-/m0/s1. The summed E-state index contributed by atoms with van der Waals surface area (Å²) in [6.45, 7) is 4.21. The molecule has 0 saturated carbocycles. The quantitative estimate of drug-likeness (QED) is 0.0859. The summed E-state index contributed by atoms with van der Waals surface area (Å²) >= 11 is 12.9. The number of aromatic nitrogens is 3. The zero-order valence-electron chi connectivity index (χ0n) is 26.8. The Morgan fingerprint density at radius 3 is 2.40 bits per heavy atom. The molecule has 8 nitrogen and oxygen atoms in total. The van der Waals surface area contributed by atoms with Crippen LogP contribution in [0.5, 0.6) is 0 Å². The first-order chi connectivity index (χ1) is 22.5. The van der Waals surface area contributed by atoms with Gasteiger partial charge in [0, 0.05) is 47.6 Å². The van der Waals surface area contributed by atoms with E-state index < -0.39 is 13.1 Å². The molecule has 0 unspecified atom stereocenters. The molecule has 5 aromatic rings. The predicted molar refractivity (Wildman–Crippen MR) is 190 cm³/mol. The van der Waals surface area contributed by atoms with Gasteiger partial charge in [0.2, 0.25) is 0 Å². The van der Waals surface area contributed by atoms with Crippen LogP contribution in [0.3, 0.4) is 0 Å². The predicted octanol–water partition coefficient (Wildman–Crippen LogP) is 7.89. The maximum atomic E-state index is 13.0. The third kappa shape index (κ3) is 7.27. The van der Waals surface area contributed by atoms with E-state index in [0.717, 1.165) is 38.9 Å². The SMILES string of the molecule is CCOP(=O)(CCCC#Cc1cc(Cl)ccc1[C@@](N)(c1ccc2c(c1)c(-c1cccc(Cl)c1)cc(=O)n2C)c1cncn1C)OCC. The number of unbranched alkanes of at least 4 members (excludes halogenated alkanes) is 1. The topological polar surface area (TPSA) is 101 Å². The number of benzene rings is 3. The molecule has 5 rings (SSSR count). The van der Waals surface area contributed by atoms with Gasteiger partial charge in [0.1, 0.15) is 5.54 Å². The van der Waals surface area contributed by atoms with Gasteiger partial charge in [-0.15, -0.1) is 0 Å². The molecule has 0 amide bonds. The molecule has 2 heterocycles. The molecule has 0 fully saturated rings. The van der Waals surface area contributed by atoms with E-state index in [2.05, 4.69) is 16.8 Å². The van der Waals surface area contributed by atoms with Gasteiger partial charge in [0.15, 0.2) is 0 Å². The maximum Gasteiger partial charge on any atom is 0.330 e. The second kappa shape index (κ2) is 14.6. The Hall–Kier alpha value is -3.67. The molecule has 244 valence electrons. The van der Waals surface area contributed by atoms with Gasteiger partial charge in [0.05, 0.1) is 43.1 Å². The zero-order chi connectivity index (χ0) is 33.8.